The van der Waals surface area contributed by atoms with Crippen LogP contribution in [-0.4, -0.2) is 29.8 Å². The van der Waals surface area contributed by atoms with Crippen molar-refractivity contribution in [3.63, 3.8) is 0 Å². The molecule has 27 heavy (non-hydrogen) atoms. The molecule has 5 heteroatoms. The number of benzene rings is 2. The van der Waals surface area contributed by atoms with Gasteiger partial charge in [-0.1, -0.05) is 24.3 Å². The second kappa shape index (κ2) is 7.91. The summed E-state index contributed by atoms with van der Waals surface area (Å²) >= 11 is 0. The monoisotopic (exact) mass is 362 g/mol. The van der Waals surface area contributed by atoms with Crippen molar-refractivity contribution >= 4 is 11.9 Å². The number of ketones is 1. The fraction of sp³-hybridized carbons (Fsp3) is 0.182. The summed E-state index contributed by atoms with van der Waals surface area (Å²) in [4.78, 5) is 12.8. The standard InChI is InChI=1S/C22H22N2O3/c1-15-22(16(2)24(23-15)18-8-6-5-7-9-18)21(25)11-10-17-12-19(26-3)14-20(13-17)27-4/h5-14H,1-4H3/b11-10+. The number of hydrogen-bond donors (Lipinski definition) is 0. The van der Waals surface area contributed by atoms with Crippen LogP contribution in [-0.2, 0) is 0 Å². The number of allylic oxidation sites excluding steroid dienone is 1. The molecule has 2 aromatic carbocycles. The van der Waals surface area contributed by atoms with Crippen LogP contribution in [0.4, 0.5) is 0 Å². The molecule has 0 N–H and O–H groups in total. The number of rotatable bonds is 6. The molecule has 0 fully saturated rings. The zero-order valence-electron chi connectivity index (χ0n) is 15.9. The maximum Gasteiger partial charge on any atom is 0.189 e. The molecule has 0 atom stereocenters. The van der Waals surface area contributed by atoms with E-state index in [1.807, 2.05) is 56.3 Å². The number of para-hydroxylation sites is 1. The van der Waals surface area contributed by atoms with E-state index in [-0.39, 0.29) is 5.78 Å². The van der Waals surface area contributed by atoms with Crippen molar-refractivity contribution in [1.29, 1.82) is 0 Å². The van der Waals surface area contributed by atoms with E-state index >= 15 is 0 Å². The summed E-state index contributed by atoms with van der Waals surface area (Å²) in [7, 11) is 3.19. The Morgan fingerprint density at radius 1 is 1.00 bits per heavy atom. The molecule has 3 rings (SSSR count). The number of hydrogen-bond acceptors (Lipinski definition) is 4. The van der Waals surface area contributed by atoms with E-state index in [0.717, 1.165) is 16.9 Å². The zero-order valence-corrected chi connectivity index (χ0v) is 15.9. The van der Waals surface area contributed by atoms with Crippen molar-refractivity contribution in [3.8, 4) is 17.2 Å². The summed E-state index contributed by atoms with van der Waals surface area (Å²) < 4.78 is 12.3. The Morgan fingerprint density at radius 3 is 2.22 bits per heavy atom. The molecular formula is C22H22N2O3. The normalized spacial score (nSPS) is 11.0. The second-order valence-electron chi connectivity index (χ2n) is 6.14. The van der Waals surface area contributed by atoms with E-state index in [9.17, 15) is 4.79 Å². The summed E-state index contributed by atoms with van der Waals surface area (Å²) in [5, 5.41) is 4.53. The van der Waals surface area contributed by atoms with Gasteiger partial charge in [-0.3, -0.25) is 4.79 Å². The number of carbonyl (C=O) groups is 1. The quantitative estimate of drug-likeness (QED) is 0.482. The summed E-state index contributed by atoms with van der Waals surface area (Å²) in [6, 6.07) is 15.3. The molecule has 0 aliphatic carbocycles. The van der Waals surface area contributed by atoms with Crippen molar-refractivity contribution in [2.45, 2.75) is 13.8 Å². The van der Waals surface area contributed by atoms with E-state index in [4.69, 9.17) is 9.47 Å². The lowest BCUT2D eigenvalue weighted by Crippen LogP contribution is -2.01. The third kappa shape index (κ3) is 3.92. The lowest BCUT2D eigenvalue weighted by molar-refractivity contribution is 0.104. The first kappa shape index (κ1) is 18.5. The smallest absolute Gasteiger partial charge is 0.189 e. The average Bonchev–Trinajstić information content (AvgIpc) is 3.00. The summed E-state index contributed by atoms with van der Waals surface area (Å²) in [6.45, 7) is 3.75. The van der Waals surface area contributed by atoms with Crippen molar-refractivity contribution in [3.05, 3.63) is 77.1 Å². The Morgan fingerprint density at radius 2 is 1.63 bits per heavy atom. The van der Waals surface area contributed by atoms with E-state index in [1.54, 1.807) is 37.1 Å². The fourth-order valence-corrected chi connectivity index (χ4v) is 3.00. The topological polar surface area (TPSA) is 53.3 Å². The first-order chi connectivity index (χ1) is 13.0. The van der Waals surface area contributed by atoms with Gasteiger partial charge in [0.05, 0.1) is 36.9 Å². The van der Waals surface area contributed by atoms with E-state index in [1.165, 1.54) is 0 Å². The summed E-state index contributed by atoms with van der Waals surface area (Å²) in [5.74, 6) is 1.25. The van der Waals surface area contributed by atoms with E-state index in [0.29, 0.717) is 22.8 Å². The van der Waals surface area contributed by atoms with Gasteiger partial charge in [-0.15, -0.1) is 0 Å². The Balaban J connectivity index is 1.91. The van der Waals surface area contributed by atoms with Gasteiger partial charge in [-0.2, -0.15) is 5.10 Å². The highest BCUT2D eigenvalue weighted by Gasteiger charge is 2.17. The Kier molecular flexibility index (Phi) is 5.41. The number of ether oxygens (including phenoxy) is 2. The van der Waals surface area contributed by atoms with Gasteiger partial charge in [0.2, 0.25) is 0 Å². The van der Waals surface area contributed by atoms with Gasteiger partial charge in [0.25, 0.3) is 0 Å². The third-order valence-electron chi connectivity index (χ3n) is 4.34. The highest BCUT2D eigenvalue weighted by Crippen LogP contribution is 2.24. The van der Waals surface area contributed by atoms with Crippen molar-refractivity contribution in [2.75, 3.05) is 14.2 Å². The lowest BCUT2D eigenvalue weighted by Gasteiger charge is -2.06. The molecule has 0 spiro atoms. The number of carbonyl (C=O) groups excluding carboxylic acids is 1. The Labute approximate surface area is 158 Å². The average molecular weight is 362 g/mol. The molecule has 1 heterocycles. The maximum absolute atomic E-state index is 12.8. The molecule has 1 aromatic heterocycles. The third-order valence-corrected chi connectivity index (χ3v) is 4.34. The van der Waals surface area contributed by atoms with Crippen LogP contribution in [0.5, 0.6) is 11.5 Å². The van der Waals surface area contributed by atoms with E-state index in [2.05, 4.69) is 5.10 Å². The summed E-state index contributed by atoms with van der Waals surface area (Å²) in [6.07, 6.45) is 3.31. The molecule has 0 saturated carbocycles. The Bertz CT molecular complexity index is 966. The van der Waals surface area contributed by atoms with Gasteiger partial charge in [0, 0.05) is 6.07 Å². The minimum Gasteiger partial charge on any atom is -0.497 e. The van der Waals surface area contributed by atoms with Crippen molar-refractivity contribution in [2.24, 2.45) is 0 Å². The summed E-state index contributed by atoms with van der Waals surface area (Å²) in [5.41, 5.74) is 3.89. The SMILES string of the molecule is COc1cc(/C=C/C(=O)c2c(C)nn(-c3ccccc3)c2C)cc(OC)c1. The fourth-order valence-electron chi connectivity index (χ4n) is 3.00. The molecule has 0 amide bonds. The van der Waals surface area contributed by atoms with Gasteiger partial charge in [0.15, 0.2) is 5.78 Å². The van der Waals surface area contributed by atoms with Gasteiger partial charge in [-0.05, 0) is 49.8 Å². The first-order valence-electron chi connectivity index (χ1n) is 8.60. The van der Waals surface area contributed by atoms with Crippen molar-refractivity contribution in [1.82, 2.24) is 9.78 Å². The molecule has 0 unspecified atom stereocenters. The van der Waals surface area contributed by atoms with Crippen molar-refractivity contribution < 1.29 is 14.3 Å². The highest BCUT2D eigenvalue weighted by molar-refractivity contribution is 6.08. The highest BCUT2D eigenvalue weighted by atomic mass is 16.5. The number of methoxy groups -OCH3 is 2. The molecular weight excluding hydrogens is 340 g/mol. The minimum absolute atomic E-state index is 0.0889. The molecule has 0 radical (unpaired) electrons. The largest absolute Gasteiger partial charge is 0.497 e. The van der Waals surface area contributed by atoms with Gasteiger partial charge >= 0.3 is 0 Å². The van der Waals surface area contributed by atoms with Crippen LogP contribution in [0.2, 0.25) is 0 Å². The number of aryl methyl sites for hydroxylation is 1. The molecule has 0 saturated heterocycles. The van der Waals surface area contributed by atoms with Crippen LogP contribution in [0.15, 0.2) is 54.6 Å². The molecule has 0 aliphatic heterocycles. The van der Waals surface area contributed by atoms with Crippen LogP contribution in [0.3, 0.4) is 0 Å². The van der Waals surface area contributed by atoms with Gasteiger partial charge < -0.3 is 9.47 Å². The van der Waals surface area contributed by atoms with Crippen LogP contribution < -0.4 is 9.47 Å². The first-order valence-corrected chi connectivity index (χ1v) is 8.60. The van der Waals surface area contributed by atoms with Gasteiger partial charge in [0.1, 0.15) is 11.5 Å². The van der Waals surface area contributed by atoms with Crippen LogP contribution >= 0.6 is 0 Å². The maximum atomic E-state index is 12.8. The molecule has 138 valence electrons. The predicted octanol–water partition coefficient (Wildman–Crippen LogP) is 4.40. The lowest BCUT2D eigenvalue weighted by atomic mass is 10.1. The minimum atomic E-state index is -0.0889. The predicted molar refractivity (Wildman–Crippen MR) is 106 cm³/mol. The van der Waals surface area contributed by atoms with Crippen LogP contribution in [0.1, 0.15) is 27.3 Å². The Hall–Kier alpha value is -3.34. The number of nitrogens with zero attached hydrogens (tertiary/aromatic N) is 2. The molecule has 5 nitrogen and oxygen atoms in total. The van der Waals surface area contributed by atoms with E-state index < -0.39 is 0 Å². The molecule has 0 aliphatic rings. The second-order valence-corrected chi connectivity index (χ2v) is 6.14. The van der Waals surface area contributed by atoms with Crippen LogP contribution in [0, 0.1) is 13.8 Å². The number of aromatic nitrogens is 2. The van der Waals surface area contributed by atoms with Crippen LogP contribution in [0.25, 0.3) is 11.8 Å². The zero-order chi connectivity index (χ0) is 19.4. The molecule has 3 aromatic rings. The van der Waals surface area contributed by atoms with Gasteiger partial charge in [-0.25, -0.2) is 4.68 Å². The molecule has 0 bridgehead atoms.